The van der Waals surface area contributed by atoms with E-state index in [0.29, 0.717) is 17.8 Å². The van der Waals surface area contributed by atoms with Crippen LogP contribution >= 0.6 is 0 Å². The molecule has 0 heterocycles. The topological polar surface area (TPSA) is 6.48 Å². The van der Waals surface area contributed by atoms with Crippen molar-refractivity contribution in [1.82, 2.24) is 0 Å². The highest BCUT2D eigenvalue weighted by Crippen LogP contribution is 2.45. The fraction of sp³-hybridized carbons (Fsp3) is 0.289. The van der Waals surface area contributed by atoms with Crippen molar-refractivity contribution in [2.45, 2.75) is 66.3 Å². The molecule has 6 rings (SSSR count). The second kappa shape index (κ2) is 14.4. The Labute approximate surface area is 283 Å². The molecule has 0 radical (unpaired) electrons. The summed E-state index contributed by atoms with van der Waals surface area (Å²) >= 11 is 0. The minimum absolute atomic E-state index is 0.154. The third kappa shape index (κ3) is 6.86. The van der Waals surface area contributed by atoms with Gasteiger partial charge in [-0.25, -0.2) is 0 Å². The number of fused-ring (bicyclic) bond motifs is 1. The average Bonchev–Trinajstić information content (AvgIpc) is 3.09. The molecule has 47 heavy (non-hydrogen) atoms. The first-order valence-corrected chi connectivity index (χ1v) is 17.3. The van der Waals surface area contributed by atoms with E-state index in [0.717, 1.165) is 31.4 Å². The molecule has 4 atom stereocenters. The Morgan fingerprint density at radius 2 is 1.64 bits per heavy atom. The van der Waals surface area contributed by atoms with Crippen molar-refractivity contribution in [3.05, 3.63) is 167 Å². The molecule has 2 aromatic carbocycles. The van der Waals surface area contributed by atoms with Crippen LogP contribution in [0.4, 0.5) is 11.4 Å². The Hall–Kier alpha value is -4.74. The molecule has 2 heteroatoms. The molecule has 1 fully saturated rings. The average molecular weight is 617 g/mol. The summed E-state index contributed by atoms with van der Waals surface area (Å²) < 4.78 is 0. The van der Waals surface area contributed by atoms with Crippen molar-refractivity contribution in [2.75, 3.05) is 9.80 Å². The van der Waals surface area contributed by atoms with Crippen LogP contribution < -0.4 is 9.80 Å². The van der Waals surface area contributed by atoms with Crippen LogP contribution in [0.5, 0.6) is 0 Å². The van der Waals surface area contributed by atoms with Gasteiger partial charge in [0.15, 0.2) is 0 Å². The Balaban J connectivity index is 1.52. The van der Waals surface area contributed by atoms with E-state index in [4.69, 9.17) is 0 Å². The molecule has 238 valence electrons. The van der Waals surface area contributed by atoms with E-state index in [2.05, 4.69) is 172 Å². The molecule has 4 aliphatic rings. The van der Waals surface area contributed by atoms with Gasteiger partial charge in [-0.1, -0.05) is 110 Å². The van der Waals surface area contributed by atoms with Crippen LogP contribution in [0.25, 0.3) is 0 Å². The maximum atomic E-state index is 3.88. The largest absolute Gasteiger partial charge is 0.327 e. The van der Waals surface area contributed by atoms with Gasteiger partial charge < -0.3 is 9.80 Å². The van der Waals surface area contributed by atoms with Gasteiger partial charge in [0.1, 0.15) is 0 Å². The molecule has 2 aromatic rings. The minimum Gasteiger partial charge on any atom is -0.327 e. The van der Waals surface area contributed by atoms with E-state index < -0.39 is 0 Å². The number of allylic oxidation sites excluding steroid dienone is 14. The molecule has 4 unspecified atom stereocenters. The zero-order valence-electron chi connectivity index (χ0n) is 28.7. The maximum absolute atomic E-state index is 3.88. The number of benzene rings is 2. The number of hydrogen-bond acceptors (Lipinski definition) is 2. The lowest BCUT2D eigenvalue weighted by Crippen LogP contribution is -2.40. The molecular weight excluding hydrogens is 569 g/mol. The van der Waals surface area contributed by atoms with E-state index in [9.17, 15) is 0 Å². The zero-order valence-corrected chi connectivity index (χ0v) is 28.7. The molecule has 0 N–H and O–H groups in total. The van der Waals surface area contributed by atoms with Crippen molar-refractivity contribution in [1.29, 1.82) is 0 Å². The molecule has 2 bridgehead atoms. The quantitative estimate of drug-likeness (QED) is 0.298. The SMILES string of the molecule is C=CC#C/C(=C\C)N(c1ccc(C)cc1)C1CCC2C=C/C3=C(\N(C4=CC(C)C(C)C=C4)c4ccccc4)CC/C(C)=C/C=C/1C2=C3. The smallest absolute Gasteiger partial charge is 0.0889 e. The van der Waals surface area contributed by atoms with E-state index >= 15 is 0 Å². The van der Waals surface area contributed by atoms with E-state index in [1.54, 1.807) is 6.08 Å². The number of hydrogen-bond donors (Lipinski definition) is 0. The van der Waals surface area contributed by atoms with Crippen LogP contribution in [-0.4, -0.2) is 6.04 Å². The summed E-state index contributed by atoms with van der Waals surface area (Å²) in [6, 6.07) is 20.0. The van der Waals surface area contributed by atoms with Crippen molar-refractivity contribution in [2.24, 2.45) is 17.8 Å². The number of nitrogens with zero attached hydrogens (tertiary/aromatic N) is 2. The zero-order chi connectivity index (χ0) is 32.9. The minimum atomic E-state index is 0.154. The lowest BCUT2D eigenvalue weighted by atomic mass is 9.73. The summed E-state index contributed by atoms with van der Waals surface area (Å²) in [6.07, 6.45) is 27.3. The lowest BCUT2D eigenvalue weighted by Gasteiger charge is -2.42. The molecule has 0 aliphatic heterocycles. The van der Waals surface area contributed by atoms with Crippen LogP contribution in [0.2, 0.25) is 0 Å². The first kappa shape index (κ1) is 32.2. The van der Waals surface area contributed by atoms with Crippen molar-refractivity contribution in [3.63, 3.8) is 0 Å². The van der Waals surface area contributed by atoms with Gasteiger partial charge in [0.25, 0.3) is 0 Å². The predicted molar refractivity (Wildman–Crippen MR) is 202 cm³/mol. The molecule has 1 saturated carbocycles. The number of anilines is 2. The second-order valence-corrected chi connectivity index (χ2v) is 13.4. The van der Waals surface area contributed by atoms with Gasteiger partial charge in [0.05, 0.1) is 11.7 Å². The molecular formula is C45H48N2. The standard InChI is InChI=1S/C45H48N2/c1-7-9-13-38(8-2)46(40-24-16-32(3)17-25-40)45-29-23-36-21-22-37-31-43(36)42(45)27-18-33(4)19-28-44(37)47(39-14-11-10-12-15-39)41-26-20-34(5)35(6)30-41/h7-8,10-12,14-18,20-22,24-27,30-31,34-36,45H,1,19,23,28-29H2,2-6H3/b33-18+,38-8+,42-27+,44-37+. The Kier molecular flexibility index (Phi) is 9.84. The lowest BCUT2D eigenvalue weighted by molar-refractivity contribution is 0.516. The van der Waals surface area contributed by atoms with Crippen molar-refractivity contribution >= 4 is 11.4 Å². The van der Waals surface area contributed by atoms with Crippen LogP contribution in [0.1, 0.15) is 58.9 Å². The summed E-state index contributed by atoms with van der Waals surface area (Å²) in [4.78, 5) is 4.99. The van der Waals surface area contributed by atoms with Gasteiger partial charge in [-0.2, -0.15) is 0 Å². The Morgan fingerprint density at radius 1 is 0.851 bits per heavy atom. The molecule has 0 saturated heterocycles. The third-order valence-electron chi connectivity index (χ3n) is 10.1. The van der Waals surface area contributed by atoms with Crippen LogP contribution in [-0.2, 0) is 0 Å². The first-order valence-electron chi connectivity index (χ1n) is 17.3. The van der Waals surface area contributed by atoms with Crippen LogP contribution in [0, 0.1) is 36.5 Å². The predicted octanol–water partition coefficient (Wildman–Crippen LogP) is 11.3. The molecule has 2 nitrogen and oxygen atoms in total. The van der Waals surface area contributed by atoms with E-state index in [1.807, 2.05) is 0 Å². The van der Waals surface area contributed by atoms with Crippen molar-refractivity contribution < 1.29 is 0 Å². The normalized spacial score (nSPS) is 27.6. The third-order valence-corrected chi connectivity index (χ3v) is 10.1. The second-order valence-electron chi connectivity index (χ2n) is 13.4. The monoisotopic (exact) mass is 616 g/mol. The fourth-order valence-electron chi connectivity index (χ4n) is 7.23. The first-order chi connectivity index (χ1) is 22.9. The van der Waals surface area contributed by atoms with E-state index in [-0.39, 0.29) is 6.04 Å². The Morgan fingerprint density at radius 3 is 2.36 bits per heavy atom. The molecule has 0 amide bonds. The number of rotatable bonds is 6. The van der Waals surface area contributed by atoms with E-state index in [1.165, 1.54) is 50.6 Å². The highest BCUT2D eigenvalue weighted by atomic mass is 15.2. The van der Waals surface area contributed by atoms with Crippen molar-refractivity contribution in [3.8, 4) is 11.8 Å². The molecule has 0 aromatic heterocycles. The highest BCUT2D eigenvalue weighted by Gasteiger charge is 2.36. The summed E-state index contributed by atoms with van der Waals surface area (Å²) in [5.74, 6) is 7.95. The molecule has 0 spiro atoms. The summed E-state index contributed by atoms with van der Waals surface area (Å²) in [7, 11) is 0. The Bertz CT molecular complexity index is 1810. The van der Waals surface area contributed by atoms with Gasteiger partial charge in [0, 0.05) is 28.7 Å². The number of para-hydroxylation sites is 1. The molecule has 4 aliphatic carbocycles. The summed E-state index contributed by atoms with van der Waals surface area (Å²) in [5, 5.41) is 0. The van der Waals surface area contributed by atoms with Gasteiger partial charge >= 0.3 is 0 Å². The highest BCUT2D eigenvalue weighted by molar-refractivity contribution is 5.67. The maximum Gasteiger partial charge on any atom is 0.0889 e. The van der Waals surface area contributed by atoms with Gasteiger partial charge in [0.2, 0.25) is 0 Å². The van der Waals surface area contributed by atoms with Gasteiger partial charge in [-0.15, -0.1) is 0 Å². The fourth-order valence-corrected chi connectivity index (χ4v) is 7.23. The summed E-state index contributed by atoms with van der Waals surface area (Å²) in [5.41, 5.74) is 12.8. The van der Waals surface area contributed by atoms with Crippen LogP contribution in [0.15, 0.2) is 161 Å². The van der Waals surface area contributed by atoms with Gasteiger partial charge in [-0.05, 0) is 123 Å². The van der Waals surface area contributed by atoms with Crippen LogP contribution in [0.3, 0.4) is 0 Å². The number of aryl methyl sites for hydroxylation is 1. The van der Waals surface area contributed by atoms with Gasteiger partial charge in [-0.3, -0.25) is 0 Å². The summed E-state index contributed by atoms with van der Waals surface area (Å²) in [6.45, 7) is 15.0.